The number of benzene rings is 3. The predicted molar refractivity (Wildman–Crippen MR) is 137 cm³/mol. The van der Waals surface area contributed by atoms with Gasteiger partial charge in [-0.3, -0.25) is 9.59 Å². The van der Waals surface area contributed by atoms with Crippen molar-refractivity contribution >= 4 is 52.9 Å². The molecular weight excluding hydrogens is 432 g/mol. The number of rotatable bonds is 7. The summed E-state index contributed by atoms with van der Waals surface area (Å²) in [5.74, 6) is 0.695. The molecule has 0 unspecified atom stereocenters. The summed E-state index contributed by atoms with van der Waals surface area (Å²) >= 11 is 1.74. The van der Waals surface area contributed by atoms with E-state index in [0.29, 0.717) is 29.4 Å². The molecule has 32 heavy (non-hydrogen) atoms. The second-order valence-electron chi connectivity index (χ2n) is 9.36. The van der Waals surface area contributed by atoms with Gasteiger partial charge in [-0.2, -0.15) is 0 Å². The van der Waals surface area contributed by atoms with Gasteiger partial charge >= 0.3 is 0 Å². The Morgan fingerprint density at radius 1 is 0.906 bits per heavy atom. The van der Waals surface area contributed by atoms with Gasteiger partial charge in [0.05, 0.1) is 7.11 Å². The van der Waals surface area contributed by atoms with Crippen LogP contribution in [0.4, 0.5) is 0 Å². The Morgan fingerprint density at radius 3 is 2.06 bits per heavy atom. The molecule has 3 aromatic rings. The number of hydrogen-bond acceptors (Lipinski definition) is 4. The number of fused-ring (bicyclic) bond motifs is 2. The van der Waals surface area contributed by atoms with Gasteiger partial charge in [-0.25, -0.2) is 0 Å². The van der Waals surface area contributed by atoms with Crippen LogP contribution in [-0.2, 0) is 14.3 Å². The minimum absolute atomic E-state index is 0.0211. The molecule has 164 valence electrons. The SMILES string of the molecule is COC1=C(CCSc2c3ccccc3cc3ccccc23)C(=O)C(C[Si](C)(C)C)=CC1=O. The quantitative estimate of drug-likeness (QED) is 0.168. The first-order valence-electron chi connectivity index (χ1n) is 10.9. The zero-order valence-corrected chi connectivity index (χ0v) is 20.8. The van der Waals surface area contributed by atoms with Crippen molar-refractivity contribution in [2.45, 2.75) is 37.0 Å². The second kappa shape index (κ2) is 9.08. The average molecular weight is 461 g/mol. The molecule has 0 saturated carbocycles. The van der Waals surface area contributed by atoms with Crippen LogP contribution < -0.4 is 0 Å². The number of methoxy groups -OCH3 is 1. The normalized spacial score (nSPS) is 14.9. The molecule has 0 atom stereocenters. The fourth-order valence-electron chi connectivity index (χ4n) is 4.27. The third-order valence-corrected chi connectivity index (χ3v) is 8.19. The van der Waals surface area contributed by atoms with Crippen molar-refractivity contribution in [3.8, 4) is 0 Å². The first-order chi connectivity index (χ1) is 15.3. The molecule has 0 N–H and O–H groups in total. The van der Waals surface area contributed by atoms with Crippen LogP contribution in [0.3, 0.4) is 0 Å². The third-order valence-electron chi connectivity index (χ3n) is 5.61. The van der Waals surface area contributed by atoms with Crippen LogP contribution in [-0.4, -0.2) is 32.5 Å². The number of ketones is 2. The largest absolute Gasteiger partial charge is 0.492 e. The molecule has 3 aromatic carbocycles. The molecule has 0 aromatic heterocycles. The molecule has 1 aliphatic rings. The van der Waals surface area contributed by atoms with E-state index < -0.39 is 8.07 Å². The first kappa shape index (κ1) is 22.6. The van der Waals surface area contributed by atoms with Crippen LogP contribution in [0.5, 0.6) is 0 Å². The molecular formula is C27H28O3SSi. The van der Waals surface area contributed by atoms with E-state index in [9.17, 15) is 9.59 Å². The lowest BCUT2D eigenvalue weighted by atomic mass is 9.93. The van der Waals surface area contributed by atoms with Crippen LogP contribution >= 0.6 is 11.8 Å². The van der Waals surface area contributed by atoms with Gasteiger partial charge in [-0.05, 0) is 46.2 Å². The van der Waals surface area contributed by atoms with Crippen LogP contribution in [0, 0.1) is 0 Å². The highest BCUT2D eigenvalue weighted by Gasteiger charge is 2.31. The van der Waals surface area contributed by atoms with Crippen molar-refractivity contribution < 1.29 is 14.3 Å². The molecule has 0 spiro atoms. The highest BCUT2D eigenvalue weighted by molar-refractivity contribution is 7.99. The van der Waals surface area contributed by atoms with Gasteiger partial charge < -0.3 is 4.74 Å². The zero-order chi connectivity index (χ0) is 22.9. The highest BCUT2D eigenvalue weighted by atomic mass is 32.2. The summed E-state index contributed by atoms with van der Waals surface area (Å²) < 4.78 is 5.37. The van der Waals surface area contributed by atoms with Gasteiger partial charge in [0, 0.05) is 29.9 Å². The lowest BCUT2D eigenvalue weighted by molar-refractivity contribution is -0.118. The summed E-state index contributed by atoms with van der Waals surface area (Å²) in [6, 6.07) is 19.7. The van der Waals surface area contributed by atoms with Crippen molar-refractivity contribution in [2.75, 3.05) is 12.9 Å². The molecule has 0 aliphatic heterocycles. The Labute approximate surface area is 194 Å². The van der Waals surface area contributed by atoms with Crippen LogP contribution in [0.1, 0.15) is 6.42 Å². The lowest BCUT2D eigenvalue weighted by Gasteiger charge is -2.22. The van der Waals surface area contributed by atoms with Gasteiger partial charge in [-0.1, -0.05) is 68.2 Å². The topological polar surface area (TPSA) is 43.4 Å². The minimum Gasteiger partial charge on any atom is -0.492 e. The summed E-state index contributed by atoms with van der Waals surface area (Å²) in [5.41, 5.74) is 1.16. The van der Waals surface area contributed by atoms with E-state index >= 15 is 0 Å². The van der Waals surface area contributed by atoms with E-state index in [4.69, 9.17) is 4.74 Å². The zero-order valence-electron chi connectivity index (χ0n) is 19.0. The second-order valence-corrected chi connectivity index (χ2v) is 15.9. The maximum atomic E-state index is 13.2. The van der Waals surface area contributed by atoms with Crippen LogP contribution in [0.15, 0.2) is 82.5 Å². The Morgan fingerprint density at radius 2 is 1.50 bits per heavy atom. The Kier molecular flexibility index (Phi) is 6.40. The van der Waals surface area contributed by atoms with Gasteiger partial charge in [0.15, 0.2) is 11.5 Å². The van der Waals surface area contributed by atoms with Crippen LogP contribution in [0.2, 0.25) is 25.7 Å². The highest BCUT2D eigenvalue weighted by Crippen LogP contribution is 2.37. The summed E-state index contributed by atoms with van der Waals surface area (Å²) in [6.07, 6.45) is 1.99. The minimum atomic E-state index is -1.53. The number of thioether (sulfide) groups is 1. The fraction of sp³-hybridized carbons (Fsp3) is 0.259. The summed E-state index contributed by atoms with van der Waals surface area (Å²) in [6.45, 7) is 6.63. The standard InChI is InChI=1S/C27H28O3SSi/c1-30-26-23(25(29)20(16-24(26)28)17-32(2,3)4)13-14-31-27-21-11-7-5-9-18(21)15-19-10-6-8-12-22(19)27/h5-12,15-16H,13-14,17H2,1-4H3. The van der Waals surface area contributed by atoms with Crippen molar-refractivity contribution in [3.05, 3.63) is 77.6 Å². The first-order valence-corrected chi connectivity index (χ1v) is 15.6. The van der Waals surface area contributed by atoms with E-state index in [0.717, 1.165) is 0 Å². The molecule has 0 saturated heterocycles. The molecule has 0 bridgehead atoms. The van der Waals surface area contributed by atoms with Crippen molar-refractivity contribution in [3.63, 3.8) is 0 Å². The molecule has 3 nitrogen and oxygen atoms in total. The van der Waals surface area contributed by atoms with E-state index in [2.05, 4.69) is 74.2 Å². The van der Waals surface area contributed by atoms with E-state index in [1.165, 1.54) is 39.6 Å². The molecule has 0 amide bonds. The number of Topliss-reactive ketones (excluding diaryl/α,β-unsaturated/α-hetero) is 1. The summed E-state index contributed by atoms with van der Waals surface area (Å²) in [7, 11) is -0.0574. The maximum Gasteiger partial charge on any atom is 0.221 e. The lowest BCUT2D eigenvalue weighted by Crippen LogP contribution is -2.27. The van der Waals surface area contributed by atoms with E-state index in [1.54, 1.807) is 11.8 Å². The molecule has 0 radical (unpaired) electrons. The van der Waals surface area contributed by atoms with Crippen molar-refractivity contribution in [1.29, 1.82) is 0 Å². The number of carbonyl (C=O) groups is 2. The summed E-state index contributed by atoms with van der Waals surface area (Å²) in [5, 5.41) is 4.83. The average Bonchev–Trinajstić information content (AvgIpc) is 2.75. The molecule has 5 heteroatoms. The Hall–Kier alpha value is -2.63. The van der Waals surface area contributed by atoms with E-state index in [1.807, 2.05) is 0 Å². The number of carbonyl (C=O) groups excluding carboxylic acids is 2. The number of ether oxygens (including phenoxy) is 1. The number of allylic oxidation sites excluding steroid dienone is 3. The van der Waals surface area contributed by atoms with Crippen molar-refractivity contribution in [1.82, 2.24) is 0 Å². The third kappa shape index (κ3) is 4.59. The molecule has 4 rings (SSSR count). The van der Waals surface area contributed by atoms with Crippen LogP contribution in [0.25, 0.3) is 21.5 Å². The van der Waals surface area contributed by atoms with Gasteiger partial charge in [-0.15, -0.1) is 11.8 Å². The molecule has 1 aliphatic carbocycles. The Bertz CT molecular complexity index is 1230. The smallest absolute Gasteiger partial charge is 0.221 e. The maximum absolute atomic E-state index is 13.2. The van der Waals surface area contributed by atoms with Gasteiger partial charge in [0.2, 0.25) is 5.78 Å². The van der Waals surface area contributed by atoms with Crippen molar-refractivity contribution in [2.24, 2.45) is 0 Å². The summed E-state index contributed by atoms with van der Waals surface area (Å²) in [4.78, 5) is 27.1. The monoisotopic (exact) mass is 460 g/mol. The van der Waals surface area contributed by atoms with Gasteiger partial charge in [0.25, 0.3) is 0 Å². The Balaban J connectivity index is 1.63. The fourth-order valence-corrected chi connectivity index (χ4v) is 6.87. The number of hydrogen-bond donors (Lipinski definition) is 0. The molecule has 0 heterocycles. The molecule has 0 fully saturated rings. The predicted octanol–water partition coefficient (Wildman–Crippen LogP) is 6.79. The van der Waals surface area contributed by atoms with E-state index in [-0.39, 0.29) is 17.3 Å². The van der Waals surface area contributed by atoms with Gasteiger partial charge in [0.1, 0.15) is 0 Å².